The number of hydrogen-bond acceptors (Lipinski definition) is 3. The third-order valence-electron chi connectivity index (χ3n) is 4.96. The standard InChI is InChI=1S/C18H25N3O2S/c1-12(22)19-14-10-15-4-3-5-16(11-14)21(15)18(24)20-13-6-8-17(23-2)9-7-13/h6-9,14-16H,3-5,10-11H2,1-2H3,(H,19,22)(H,20,24)/t15-,16-/m1/s1. The SMILES string of the molecule is COc1ccc(NC(=S)N2[C@@H]3CCC[C@@H]2CC(NC(C)=O)C3)cc1. The smallest absolute Gasteiger partial charge is 0.217 e. The zero-order chi connectivity index (χ0) is 17.1. The number of carbonyl (C=O) groups excluding carboxylic acids is 1. The van der Waals surface area contributed by atoms with Crippen molar-refractivity contribution < 1.29 is 9.53 Å². The van der Waals surface area contributed by atoms with Crippen LogP contribution in [0.15, 0.2) is 24.3 Å². The molecule has 5 nitrogen and oxygen atoms in total. The fraction of sp³-hybridized carbons (Fsp3) is 0.556. The molecular formula is C18H25N3O2S. The Balaban J connectivity index is 1.66. The van der Waals surface area contributed by atoms with Crippen LogP contribution in [0.25, 0.3) is 0 Å². The molecule has 2 heterocycles. The van der Waals surface area contributed by atoms with Crippen LogP contribution >= 0.6 is 12.2 Å². The van der Waals surface area contributed by atoms with E-state index in [4.69, 9.17) is 17.0 Å². The van der Waals surface area contributed by atoms with Crippen molar-refractivity contribution in [2.24, 2.45) is 0 Å². The number of nitrogens with one attached hydrogen (secondary N) is 2. The first kappa shape index (κ1) is 17.0. The first-order chi connectivity index (χ1) is 11.6. The predicted molar refractivity (Wildman–Crippen MR) is 99.3 cm³/mol. The van der Waals surface area contributed by atoms with Crippen LogP contribution in [0.4, 0.5) is 5.69 Å². The van der Waals surface area contributed by atoms with Crippen LogP contribution in [0, 0.1) is 0 Å². The lowest BCUT2D eigenvalue weighted by atomic mass is 9.82. The van der Waals surface area contributed by atoms with Gasteiger partial charge in [0.15, 0.2) is 5.11 Å². The lowest BCUT2D eigenvalue weighted by molar-refractivity contribution is -0.120. The molecule has 0 saturated carbocycles. The normalized spacial score (nSPS) is 25.8. The lowest BCUT2D eigenvalue weighted by Gasteiger charge is -2.50. The van der Waals surface area contributed by atoms with Gasteiger partial charge in [0.2, 0.25) is 5.91 Å². The van der Waals surface area contributed by atoms with E-state index in [-0.39, 0.29) is 11.9 Å². The van der Waals surface area contributed by atoms with E-state index in [0.717, 1.165) is 42.2 Å². The topological polar surface area (TPSA) is 53.6 Å². The highest BCUT2D eigenvalue weighted by Crippen LogP contribution is 2.34. The Morgan fingerprint density at radius 3 is 2.38 bits per heavy atom. The van der Waals surface area contributed by atoms with Crippen molar-refractivity contribution in [3.63, 3.8) is 0 Å². The van der Waals surface area contributed by atoms with Gasteiger partial charge in [-0.05, 0) is 68.6 Å². The quantitative estimate of drug-likeness (QED) is 0.824. The maximum atomic E-state index is 11.4. The summed E-state index contributed by atoms with van der Waals surface area (Å²) in [4.78, 5) is 13.7. The maximum Gasteiger partial charge on any atom is 0.217 e. The van der Waals surface area contributed by atoms with Crippen LogP contribution in [0.5, 0.6) is 5.75 Å². The number of piperidine rings is 2. The molecule has 3 rings (SSSR count). The van der Waals surface area contributed by atoms with Crippen molar-refractivity contribution in [3.05, 3.63) is 24.3 Å². The van der Waals surface area contributed by atoms with Crippen molar-refractivity contribution >= 4 is 28.9 Å². The van der Waals surface area contributed by atoms with Crippen LogP contribution < -0.4 is 15.4 Å². The van der Waals surface area contributed by atoms with Crippen molar-refractivity contribution in [3.8, 4) is 5.75 Å². The van der Waals surface area contributed by atoms with Gasteiger partial charge in [0.05, 0.1) is 7.11 Å². The summed E-state index contributed by atoms with van der Waals surface area (Å²) >= 11 is 5.69. The molecule has 0 unspecified atom stereocenters. The van der Waals surface area contributed by atoms with Crippen molar-refractivity contribution in [1.82, 2.24) is 10.2 Å². The number of carbonyl (C=O) groups is 1. The number of rotatable bonds is 3. The summed E-state index contributed by atoms with van der Waals surface area (Å²) in [6.45, 7) is 1.60. The molecule has 2 aliphatic heterocycles. The van der Waals surface area contributed by atoms with E-state index >= 15 is 0 Å². The van der Waals surface area contributed by atoms with Gasteiger partial charge in [-0.15, -0.1) is 0 Å². The number of anilines is 1. The number of fused-ring (bicyclic) bond motifs is 2. The first-order valence-corrected chi connectivity index (χ1v) is 8.98. The molecule has 24 heavy (non-hydrogen) atoms. The summed E-state index contributed by atoms with van der Waals surface area (Å²) in [7, 11) is 1.66. The summed E-state index contributed by atoms with van der Waals surface area (Å²) in [6, 6.07) is 8.90. The van der Waals surface area contributed by atoms with Crippen molar-refractivity contribution in [2.75, 3.05) is 12.4 Å². The predicted octanol–water partition coefficient (Wildman–Crippen LogP) is 2.91. The number of hydrogen-bond donors (Lipinski definition) is 2. The Morgan fingerprint density at radius 2 is 1.83 bits per heavy atom. The van der Waals surface area contributed by atoms with Crippen LogP contribution in [0.1, 0.15) is 39.0 Å². The van der Waals surface area contributed by atoms with Gasteiger partial charge in [0, 0.05) is 30.7 Å². The molecular weight excluding hydrogens is 322 g/mol. The number of methoxy groups -OCH3 is 1. The number of benzene rings is 1. The highest BCUT2D eigenvalue weighted by atomic mass is 32.1. The number of thiocarbonyl (C=S) groups is 1. The summed E-state index contributed by atoms with van der Waals surface area (Å²) < 4.78 is 5.19. The molecule has 6 heteroatoms. The third-order valence-corrected chi connectivity index (χ3v) is 5.27. The lowest BCUT2D eigenvalue weighted by Crippen LogP contribution is -2.59. The van der Waals surface area contributed by atoms with Gasteiger partial charge in [-0.2, -0.15) is 0 Å². The van der Waals surface area contributed by atoms with Crippen LogP contribution in [0.2, 0.25) is 0 Å². The third kappa shape index (κ3) is 3.80. The largest absolute Gasteiger partial charge is 0.497 e. The zero-order valence-corrected chi connectivity index (χ0v) is 15.1. The minimum atomic E-state index is 0.0606. The molecule has 1 amide bonds. The van der Waals surface area contributed by atoms with Gasteiger partial charge in [-0.25, -0.2) is 0 Å². The van der Waals surface area contributed by atoms with Crippen molar-refractivity contribution in [2.45, 2.75) is 57.2 Å². The van der Waals surface area contributed by atoms with E-state index < -0.39 is 0 Å². The summed E-state index contributed by atoms with van der Waals surface area (Å²) in [5.74, 6) is 0.893. The summed E-state index contributed by atoms with van der Waals surface area (Å²) in [5.41, 5.74) is 0.975. The molecule has 2 fully saturated rings. The van der Waals surface area contributed by atoms with Crippen LogP contribution in [-0.4, -0.2) is 41.2 Å². The van der Waals surface area contributed by atoms with Gasteiger partial charge < -0.3 is 20.3 Å². The molecule has 1 aromatic carbocycles. The molecule has 0 spiro atoms. The minimum Gasteiger partial charge on any atom is -0.497 e. The Morgan fingerprint density at radius 1 is 1.21 bits per heavy atom. The average Bonchev–Trinajstić information content (AvgIpc) is 2.54. The van der Waals surface area contributed by atoms with E-state index in [9.17, 15) is 4.79 Å². The van der Waals surface area contributed by atoms with E-state index in [2.05, 4.69) is 15.5 Å². The molecule has 2 N–H and O–H groups in total. The highest BCUT2D eigenvalue weighted by molar-refractivity contribution is 7.80. The highest BCUT2D eigenvalue weighted by Gasteiger charge is 2.39. The molecule has 0 radical (unpaired) electrons. The van der Waals surface area contributed by atoms with E-state index in [1.165, 1.54) is 6.42 Å². The van der Waals surface area contributed by atoms with E-state index in [0.29, 0.717) is 12.1 Å². The van der Waals surface area contributed by atoms with E-state index in [1.54, 1.807) is 14.0 Å². The second kappa shape index (κ2) is 7.38. The molecule has 2 atom stereocenters. The molecule has 2 aliphatic rings. The zero-order valence-electron chi connectivity index (χ0n) is 14.2. The minimum absolute atomic E-state index is 0.0606. The second-order valence-corrected chi connectivity index (χ2v) is 7.06. The van der Waals surface area contributed by atoms with Gasteiger partial charge >= 0.3 is 0 Å². The molecule has 1 aromatic rings. The second-order valence-electron chi connectivity index (χ2n) is 6.67. The van der Waals surface area contributed by atoms with Crippen molar-refractivity contribution in [1.29, 1.82) is 0 Å². The Labute approximate surface area is 148 Å². The Bertz CT molecular complexity index is 591. The number of amides is 1. The number of ether oxygens (including phenoxy) is 1. The molecule has 0 aliphatic carbocycles. The Kier molecular flexibility index (Phi) is 5.23. The summed E-state index contributed by atoms with van der Waals surface area (Å²) in [6.07, 6.45) is 5.46. The van der Waals surface area contributed by atoms with Gasteiger partial charge in [0.1, 0.15) is 5.75 Å². The first-order valence-electron chi connectivity index (χ1n) is 8.57. The molecule has 130 valence electrons. The fourth-order valence-electron chi connectivity index (χ4n) is 3.98. The maximum absolute atomic E-state index is 11.4. The molecule has 2 saturated heterocycles. The van der Waals surface area contributed by atoms with Crippen LogP contribution in [0.3, 0.4) is 0 Å². The van der Waals surface area contributed by atoms with Gasteiger partial charge in [-0.3, -0.25) is 4.79 Å². The number of nitrogens with zero attached hydrogens (tertiary/aromatic N) is 1. The molecule has 2 bridgehead atoms. The van der Waals surface area contributed by atoms with Gasteiger partial charge in [-0.1, -0.05) is 0 Å². The van der Waals surface area contributed by atoms with E-state index in [1.807, 2.05) is 24.3 Å². The van der Waals surface area contributed by atoms with Gasteiger partial charge in [0.25, 0.3) is 0 Å². The monoisotopic (exact) mass is 347 g/mol. The molecule has 0 aromatic heterocycles. The van der Waals surface area contributed by atoms with Crippen LogP contribution in [-0.2, 0) is 4.79 Å². The average molecular weight is 347 g/mol. The summed E-state index contributed by atoms with van der Waals surface area (Å²) in [5, 5.41) is 7.24. The Hall–Kier alpha value is -1.82. The fourth-order valence-corrected chi connectivity index (χ4v) is 4.40.